The molecule has 2 N–H and O–H groups in total. The summed E-state index contributed by atoms with van der Waals surface area (Å²) in [6.07, 6.45) is 0.334. The first-order chi connectivity index (χ1) is 11.0. The van der Waals surface area contributed by atoms with Crippen LogP contribution < -0.4 is 5.32 Å². The first-order valence-electron chi connectivity index (χ1n) is 7.50. The van der Waals surface area contributed by atoms with Crippen molar-refractivity contribution in [2.75, 3.05) is 0 Å². The molecule has 2 rings (SSSR count). The van der Waals surface area contributed by atoms with E-state index < -0.39 is 5.97 Å². The molecule has 0 saturated heterocycles. The van der Waals surface area contributed by atoms with Gasteiger partial charge in [0.25, 0.3) is 5.91 Å². The van der Waals surface area contributed by atoms with E-state index in [0.717, 1.165) is 10.6 Å². The number of rotatable bonds is 7. The van der Waals surface area contributed by atoms with Crippen LogP contribution in [-0.2, 0) is 4.79 Å². The highest BCUT2D eigenvalue weighted by Crippen LogP contribution is 2.22. The first kappa shape index (κ1) is 17.1. The van der Waals surface area contributed by atoms with Crippen LogP contribution in [0.25, 0.3) is 0 Å². The van der Waals surface area contributed by atoms with Crippen LogP contribution in [-0.4, -0.2) is 22.0 Å². The second-order valence-electron chi connectivity index (χ2n) is 5.59. The van der Waals surface area contributed by atoms with Gasteiger partial charge in [-0.05, 0) is 12.0 Å². The van der Waals surface area contributed by atoms with Crippen molar-refractivity contribution >= 4 is 23.2 Å². The molecule has 1 heterocycles. The van der Waals surface area contributed by atoms with E-state index in [1.54, 1.807) is 5.38 Å². The molecule has 1 aromatic carbocycles. The average molecular weight is 332 g/mol. The van der Waals surface area contributed by atoms with Gasteiger partial charge in [0.05, 0.1) is 11.0 Å². The number of carboxylic acid groups (broad SMARTS) is 1. The fraction of sp³-hybridized carbons (Fsp3) is 0.353. The molecule has 6 heteroatoms. The zero-order chi connectivity index (χ0) is 16.8. The highest BCUT2D eigenvalue weighted by molar-refractivity contribution is 7.09. The van der Waals surface area contributed by atoms with Gasteiger partial charge in [-0.3, -0.25) is 9.59 Å². The largest absolute Gasteiger partial charge is 0.481 e. The second-order valence-corrected chi connectivity index (χ2v) is 6.48. The van der Waals surface area contributed by atoms with Crippen molar-refractivity contribution in [3.05, 3.63) is 52.0 Å². The molecule has 2 aromatic rings. The molecule has 0 aliphatic carbocycles. The summed E-state index contributed by atoms with van der Waals surface area (Å²) in [6, 6.07) is 9.05. The molecule has 1 atom stereocenters. The van der Waals surface area contributed by atoms with Crippen molar-refractivity contribution in [1.82, 2.24) is 10.3 Å². The van der Waals surface area contributed by atoms with E-state index >= 15 is 0 Å². The fourth-order valence-corrected chi connectivity index (χ4v) is 2.98. The number of hydrogen-bond donors (Lipinski definition) is 2. The van der Waals surface area contributed by atoms with Crippen molar-refractivity contribution in [3.63, 3.8) is 0 Å². The Morgan fingerprint density at radius 3 is 2.52 bits per heavy atom. The van der Waals surface area contributed by atoms with Crippen molar-refractivity contribution in [2.24, 2.45) is 0 Å². The molecule has 122 valence electrons. The predicted molar refractivity (Wildman–Crippen MR) is 89.7 cm³/mol. The molecule has 0 aliphatic rings. The number of carboxylic acids is 1. The Kier molecular flexibility index (Phi) is 5.87. The maximum Gasteiger partial charge on any atom is 0.303 e. The van der Waals surface area contributed by atoms with Gasteiger partial charge >= 0.3 is 5.97 Å². The van der Waals surface area contributed by atoms with Gasteiger partial charge in [-0.15, -0.1) is 11.3 Å². The monoisotopic (exact) mass is 332 g/mol. The van der Waals surface area contributed by atoms with E-state index in [2.05, 4.69) is 10.3 Å². The Morgan fingerprint density at radius 1 is 1.26 bits per heavy atom. The molecule has 0 bridgehead atoms. The summed E-state index contributed by atoms with van der Waals surface area (Å²) in [5.41, 5.74) is 1.27. The molecule has 1 amide bonds. The van der Waals surface area contributed by atoms with Crippen molar-refractivity contribution in [2.45, 2.75) is 38.6 Å². The van der Waals surface area contributed by atoms with Crippen LogP contribution in [0.1, 0.15) is 59.7 Å². The summed E-state index contributed by atoms with van der Waals surface area (Å²) in [5.74, 6) is -0.873. The number of amides is 1. The van der Waals surface area contributed by atoms with Crippen LogP contribution in [0.15, 0.2) is 35.7 Å². The number of benzene rings is 1. The summed E-state index contributed by atoms with van der Waals surface area (Å²) in [7, 11) is 0. The van der Waals surface area contributed by atoms with Crippen LogP contribution in [0, 0.1) is 0 Å². The quantitative estimate of drug-likeness (QED) is 0.812. The third-order valence-electron chi connectivity index (χ3n) is 3.40. The summed E-state index contributed by atoms with van der Waals surface area (Å²) in [5, 5.41) is 14.5. The molecule has 0 radical (unpaired) electrons. The van der Waals surface area contributed by atoms with Crippen molar-refractivity contribution in [1.29, 1.82) is 0 Å². The number of carbonyl (C=O) groups is 2. The number of nitrogens with zero attached hydrogens (tertiary/aromatic N) is 1. The van der Waals surface area contributed by atoms with Crippen LogP contribution in [0.3, 0.4) is 0 Å². The standard InChI is InChI=1S/C17H20N2O3S/c1-11(2)17-19-14(10-23-17)16(22)18-13(8-9-15(20)21)12-6-4-3-5-7-12/h3-7,10-11,13H,8-9H2,1-2H3,(H,18,22)(H,20,21). The zero-order valence-electron chi connectivity index (χ0n) is 13.2. The van der Waals surface area contributed by atoms with Crippen LogP contribution in [0.2, 0.25) is 0 Å². The Morgan fingerprint density at radius 2 is 1.96 bits per heavy atom. The minimum absolute atomic E-state index is 0.00580. The summed E-state index contributed by atoms with van der Waals surface area (Å²) < 4.78 is 0. The lowest BCUT2D eigenvalue weighted by molar-refractivity contribution is -0.137. The topological polar surface area (TPSA) is 79.3 Å². The maximum absolute atomic E-state index is 12.4. The van der Waals surface area contributed by atoms with E-state index in [4.69, 9.17) is 5.11 Å². The molecule has 0 spiro atoms. The van der Waals surface area contributed by atoms with E-state index in [0.29, 0.717) is 12.1 Å². The van der Waals surface area contributed by atoms with Crippen LogP contribution >= 0.6 is 11.3 Å². The summed E-state index contributed by atoms with van der Waals surface area (Å²) in [6.45, 7) is 4.06. The maximum atomic E-state index is 12.4. The average Bonchev–Trinajstić information content (AvgIpc) is 3.02. The lowest BCUT2D eigenvalue weighted by Crippen LogP contribution is -2.29. The highest BCUT2D eigenvalue weighted by atomic mass is 32.1. The molecule has 0 aliphatic heterocycles. The Labute approximate surface area is 139 Å². The Balaban J connectivity index is 2.12. The molecule has 5 nitrogen and oxygen atoms in total. The molecule has 1 aromatic heterocycles. The van der Waals surface area contributed by atoms with Gasteiger partial charge in [0, 0.05) is 17.7 Å². The lowest BCUT2D eigenvalue weighted by atomic mass is 10.0. The van der Waals surface area contributed by atoms with Gasteiger partial charge in [-0.25, -0.2) is 4.98 Å². The summed E-state index contributed by atoms with van der Waals surface area (Å²) >= 11 is 1.46. The molecule has 0 saturated carbocycles. The number of thiazole rings is 1. The molecule has 23 heavy (non-hydrogen) atoms. The third kappa shape index (κ3) is 4.89. The third-order valence-corrected chi connectivity index (χ3v) is 4.55. The van der Waals surface area contributed by atoms with Gasteiger partial charge in [0.1, 0.15) is 5.69 Å². The van der Waals surface area contributed by atoms with Gasteiger partial charge in [-0.2, -0.15) is 0 Å². The van der Waals surface area contributed by atoms with E-state index in [1.807, 2.05) is 44.2 Å². The normalized spacial score (nSPS) is 12.1. The van der Waals surface area contributed by atoms with Crippen molar-refractivity contribution in [3.8, 4) is 0 Å². The number of aliphatic carboxylic acids is 1. The van der Waals surface area contributed by atoms with Gasteiger partial charge in [-0.1, -0.05) is 44.2 Å². The number of aromatic nitrogens is 1. The molecular formula is C17H20N2O3S. The van der Waals surface area contributed by atoms with Gasteiger partial charge < -0.3 is 10.4 Å². The smallest absolute Gasteiger partial charge is 0.303 e. The molecular weight excluding hydrogens is 312 g/mol. The number of hydrogen-bond acceptors (Lipinski definition) is 4. The number of nitrogens with one attached hydrogen (secondary N) is 1. The SMILES string of the molecule is CC(C)c1nc(C(=O)NC(CCC(=O)O)c2ccccc2)cs1. The van der Waals surface area contributed by atoms with E-state index in [1.165, 1.54) is 11.3 Å². The van der Waals surface area contributed by atoms with Crippen molar-refractivity contribution < 1.29 is 14.7 Å². The van der Waals surface area contributed by atoms with E-state index in [-0.39, 0.29) is 24.3 Å². The zero-order valence-corrected chi connectivity index (χ0v) is 14.0. The van der Waals surface area contributed by atoms with Crippen LogP contribution in [0.4, 0.5) is 0 Å². The predicted octanol–water partition coefficient (Wildman–Crippen LogP) is 3.60. The first-order valence-corrected chi connectivity index (χ1v) is 8.38. The second kappa shape index (κ2) is 7.87. The Hall–Kier alpha value is -2.21. The minimum Gasteiger partial charge on any atom is -0.481 e. The highest BCUT2D eigenvalue weighted by Gasteiger charge is 2.19. The van der Waals surface area contributed by atoms with E-state index in [9.17, 15) is 9.59 Å². The summed E-state index contributed by atoms with van der Waals surface area (Å²) in [4.78, 5) is 27.6. The Bertz CT molecular complexity index is 667. The van der Waals surface area contributed by atoms with Gasteiger partial charge in [0.15, 0.2) is 0 Å². The molecule has 0 fully saturated rings. The minimum atomic E-state index is -0.879. The fourth-order valence-electron chi connectivity index (χ4n) is 2.16. The van der Waals surface area contributed by atoms with Gasteiger partial charge in [0.2, 0.25) is 0 Å². The number of carbonyl (C=O) groups excluding carboxylic acids is 1. The van der Waals surface area contributed by atoms with Crippen LogP contribution in [0.5, 0.6) is 0 Å². The lowest BCUT2D eigenvalue weighted by Gasteiger charge is -2.18. The molecule has 1 unspecified atom stereocenters.